The summed E-state index contributed by atoms with van der Waals surface area (Å²) in [6, 6.07) is -0.477. The number of halogens is 1. The predicted molar refractivity (Wildman–Crippen MR) is 47.4 cm³/mol. The number of nitrogens with zero attached hydrogens (tertiary/aromatic N) is 1. The molecule has 0 aliphatic carbocycles. The molecule has 0 unspecified atom stereocenters. The molecule has 0 bridgehead atoms. The maximum atomic E-state index is 12.3. The van der Waals surface area contributed by atoms with Gasteiger partial charge in [-0.25, -0.2) is 0 Å². The van der Waals surface area contributed by atoms with Gasteiger partial charge in [0, 0.05) is 12.5 Å². The lowest BCUT2D eigenvalue weighted by atomic mass is 9.98. The van der Waals surface area contributed by atoms with E-state index < -0.39 is 12.0 Å². The summed E-state index contributed by atoms with van der Waals surface area (Å²) < 4.78 is 12.3. The molecule has 0 amide bonds. The van der Waals surface area contributed by atoms with Crippen molar-refractivity contribution in [3.8, 4) is 0 Å². The maximum absolute atomic E-state index is 12.3. The minimum Gasteiger partial charge on any atom is -0.480 e. The molecule has 0 aromatic heterocycles. The van der Waals surface area contributed by atoms with E-state index in [0.29, 0.717) is 6.54 Å². The molecule has 1 saturated heterocycles. The maximum Gasteiger partial charge on any atom is 0.320 e. The van der Waals surface area contributed by atoms with Crippen LogP contribution in [0.15, 0.2) is 0 Å². The van der Waals surface area contributed by atoms with E-state index >= 15 is 0 Å². The van der Waals surface area contributed by atoms with Crippen LogP contribution >= 0.6 is 0 Å². The first-order valence-electron chi connectivity index (χ1n) is 4.68. The van der Waals surface area contributed by atoms with E-state index in [2.05, 4.69) is 0 Å². The zero-order valence-corrected chi connectivity index (χ0v) is 7.87. The Bertz CT molecular complexity index is 186. The molecule has 0 spiro atoms. The van der Waals surface area contributed by atoms with Gasteiger partial charge >= 0.3 is 5.97 Å². The molecule has 1 aliphatic rings. The lowest BCUT2D eigenvalue weighted by Gasteiger charge is -2.33. The van der Waals surface area contributed by atoms with Crippen LogP contribution in [0.4, 0.5) is 4.39 Å². The molecule has 0 aromatic rings. The van der Waals surface area contributed by atoms with Crippen LogP contribution in [-0.4, -0.2) is 41.8 Å². The molecule has 1 heterocycles. The van der Waals surface area contributed by atoms with Gasteiger partial charge in [0.05, 0.1) is 6.67 Å². The topological polar surface area (TPSA) is 40.5 Å². The zero-order chi connectivity index (χ0) is 9.84. The number of piperidine rings is 1. The van der Waals surface area contributed by atoms with Gasteiger partial charge in [0.25, 0.3) is 0 Å². The highest BCUT2D eigenvalue weighted by molar-refractivity contribution is 5.72. The van der Waals surface area contributed by atoms with Crippen molar-refractivity contribution in [1.29, 1.82) is 0 Å². The Hall–Kier alpha value is -0.640. The van der Waals surface area contributed by atoms with Crippen LogP contribution in [0.2, 0.25) is 0 Å². The summed E-state index contributed by atoms with van der Waals surface area (Å²) in [5.41, 5.74) is 0. The molecule has 0 aromatic carbocycles. The van der Waals surface area contributed by atoms with E-state index in [1.54, 1.807) is 6.92 Å². The minimum absolute atomic E-state index is 0.0375. The second-order valence-corrected chi connectivity index (χ2v) is 3.67. The molecule has 0 saturated carbocycles. The summed E-state index contributed by atoms with van der Waals surface area (Å²) in [5, 5.41) is 8.76. The summed E-state index contributed by atoms with van der Waals surface area (Å²) in [4.78, 5) is 12.5. The zero-order valence-electron chi connectivity index (χ0n) is 7.87. The van der Waals surface area contributed by atoms with E-state index in [4.69, 9.17) is 5.11 Å². The number of rotatable bonds is 3. The Kier molecular flexibility index (Phi) is 3.66. The summed E-state index contributed by atoms with van der Waals surface area (Å²) in [7, 11) is 0. The molecule has 0 radical (unpaired) electrons. The van der Waals surface area contributed by atoms with Gasteiger partial charge in [0.2, 0.25) is 0 Å². The van der Waals surface area contributed by atoms with Gasteiger partial charge in [-0.05, 0) is 26.3 Å². The fourth-order valence-electron chi connectivity index (χ4n) is 1.73. The van der Waals surface area contributed by atoms with E-state index in [1.807, 2.05) is 4.90 Å². The molecule has 13 heavy (non-hydrogen) atoms. The van der Waals surface area contributed by atoms with E-state index in [9.17, 15) is 9.18 Å². The average molecular weight is 189 g/mol. The SMILES string of the molecule is C[C@@H](C(=O)O)N1CCC[C@@H](CF)C1. The number of alkyl halides is 1. The Morgan fingerprint density at radius 2 is 2.46 bits per heavy atom. The second kappa shape index (κ2) is 4.56. The summed E-state index contributed by atoms with van der Waals surface area (Å²) in [5.74, 6) is -0.782. The molecule has 1 rings (SSSR count). The molecule has 1 aliphatic heterocycles. The number of carboxylic acid groups (broad SMARTS) is 1. The van der Waals surface area contributed by atoms with Crippen molar-refractivity contribution in [1.82, 2.24) is 4.90 Å². The van der Waals surface area contributed by atoms with Crippen molar-refractivity contribution in [2.45, 2.75) is 25.8 Å². The number of likely N-dealkylation sites (tertiary alicyclic amines) is 1. The molecule has 3 nitrogen and oxygen atoms in total. The number of hydrogen-bond acceptors (Lipinski definition) is 2. The van der Waals surface area contributed by atoms with Crippen molar-refractivity contribution in [3.63, 3.8) is 0 Å². The normalized spacial score (nSPS) is 27.1. The fraction of sp³-hybridized carbons (Fsp3) is 0.889. The summed E-state index contributed by atoms with van der Waals surface area (Å²) in [6.45, 7) is 2.69. The van der Waals surface area contributed by atoms with Gasteiger partial charge in [-0.1, -0.05) is 0 Å². The Balaban J connectivity index is 2.46. The molecule has 1 fully saturated rings. The third-order valence-corrected chi connectivity index (χ3v) is 2.67. The summed E-state index contributed by atoms with van der Waals surface area (Å²) in [6.07, 6.45) is 1.80. The van der Waals surface area contributed by atoms with Crippen molar-refractivity contribution < 1.29 is 14.3 Å². The molecular weight excluding hydrogens is 173 g/mol. The molecule has 2 atom stereocenters. The first-order valence-corrected chi connectivity index (χ1v) is 4.68. The molecule has 1 N–H and O–H groups in total. The standard InChI is InChI=1S/C9H16FNO2/c1-7(9(12)13)11-4-2-3-8(5-10)6-11/h7-8H,2-6H2,1H3,(H,12,13)/t7-,8-/m0/s1. The number of carbonyl (C=O) groups is 1. The van der Waals surface area contributed by atoms with Crippen molar-refractivity contribution in [2.24, 2.45) is 5.92 Å². The Labute approximate surface area is 77.5 Å². The highest BCUT2D eigenvalue weighted by atomic mass is 19.1. The van der Waals surface area contributed by atoms with Crippen molar-refractivity contribution in [2.75, 3.05) is 19.8 Å². The average Bonchev–Trinajstić information content (AvgIpc) is 2.16. The van der Waals surface area contributed by atoms with Gasteiger partial charge in [-0.3, -0.25) is 14.1 Å². The minimum atomic E-state index is -0.820. The highest BCUT2D eigenvalue weighted by Crippen LogP contribution is 2.18. The van der Waals surface area contributed by atoms with E-state index in [-0.39, 0.29) is 12.6 Å². The van der Waals surface area contributed by atoms with Crippen LogP contribution in [0.25, 0.3) is 0 Å². The van der Waals surface area contributed by atoms with E-state index in [1.165, 1.54) is 0 Å². The monoisotopic (exact) mass is 189 g/mol. The number of aliphatic carboxylic acids is 1. The fourth-order valence-corrected chi connectivity index (χ4v) is 1.73. The van der Waals surface area contributed by atoms with Crippen LogP contribution in [0.3, 0.4) is 0 Å². The van der Waals surface area contributed by atoms with Gasteiger partial charge in [-0.2, -0.15) is 0 Å². The van der Waals surface area contributed by atoms with E-state index in [0.717, 1.165) is 19.4 Å². The molecule has 76 valence electrons. The lowest BCUT2D eigenvalue weighted by Crippen LogP contribution is -2.45. The van der Waals surface area contributed by atoms with Crippen molar-refractivity contribution >= 4 is 5.97 Å². The molecular formula is C9H16FNO2. The van der Waals surface area contributed by atoms with Gasteiger partial charge in [0.1, 0.15) is 6.04 Å². The van der Waals surface area contributed by atoms with Gasteiger partial charge < -0.3 is 5.11 Å². The third-order valence-electron chi connectivity index (χ3n) is 2.67. The quantitative estimate of drug-likeness (QED) is 0.723. The van der Waals surface area contributed by atoms with Crippen LogP contribution in [0.5, 0.6) is 0 Å². The number of carboxylic acids is 1. The van der Waals surface area contributed by atoms with Crippen LogP contribution in [0, 0.1) is 5.92 Å². The third kappa shape index (κ3) is 2.66. The molecule has 4 heteroatoms. The van der Waals surface area contributed by atoms with Crippen LogP contribution in [-0.2, 0) is 4.79 Å². The van der Waals surface area contributed by atoms with Crippen LogP contribution in [0.1, 0.15) is 19.8 Å². The van der Waals surface area contributed by atoms with Gasteiger partial charge in [-0.15, -0.1) is 0 Å². The number of hydrogen-bond donors (Lipinski definition) is 1. The Morgan fingerprint density at radius 3 is 3.00 bits per heavy atom. The lowest BCUT2D eigenvalue weighted by molar-refractivity contribution is -0.143. The smallest absolute Gasteiger partial charge is 0.320 e. The first kappa shape index (κ1) is 10.4. The predicted octanol–water partition coefficient (Wildman–Crippen LogP) is 1.14. The Morgan fingerprint density at radius 1 is 1.77 bits per heavy atom. The van der Waals surface area contributed by atoms with Gasteiger partial charge in [0.15, 0.2) is 0 Å². The second-order valence-electron chi connectivity index (χ2n) is 3.67. The summed E-state index contributed by atoms with van der Waals surface area (Å²) >= 11 is 0. The van der Waals surface area contributed by atoms with Crippen LogP contribution < -0.4 is 0 Å². The first-order chi connectivity index (χ1) is 6.15. The highest BCUT2D eigenvalue weighted by Gasteiger charge is 2.26. The largest absolute Gasteiger partial charge is 0.480 e. The van der Waals surface area contributed by atoms with Crippen molar-refractivity contribution in [3.05, 3.63) is 0 Å².